The molecule has 0 saturated heterocycles. The lowest BCUT2D eigenvalue weighted by molar-refractivity contribution is -0.422. The lowest BCUT2D eigenvalue weighted by Crippen LogP contribution is -2.29. The normalized spacial score (nSPS) is 10.8. The van der Waals surface area contributed by atoms with Gasteiger partial charge in [0.05, 0.1) is 31.5 Å². The summed E-state index contributed by atoms with van der Waals surface area (Å²) >= 11 is 5.71. The van der Waals surface area contributed by atoms with Gasteiger partial charge in [0, 0.05) is 6.07 Å². The summed E-state index contributed by atoms with van der Waals surface area (Å²) in [5.74, 6) is -0.856. The second kappa shape index (κ2) is 10.4. The molecule has 0 bridgehead atoms. The van der Waals surface area contributed by atoms with Crippen LogP contribution in [-0.4, -0.2) is 45.4 Å². The summed E-state index contributed by atoms with van der Waals surface area (Å²) in [6.45, 7) is 1.84. The van der Waals surface area contributed by atoms with Gasteiger partial charge in [-0.3, -0.25) is 35.4 Å². The molecule has 0 saturated carbocycles. The van der Waals surface area contributed by atoms with Crippen LogP contribution in [0.1, 0.15) is 11.1 Å². The number of nitrogens with two attached hydrogens (primary N) is 1. The monoisotopic (exact) mass is 474 g/mol. The van der Waals surface area contributed by atoms with E-state index >= 15 is 0 Å². The number of nitrogens with zero attached hydrogens (tertiary/aromatic N) is 4. The number of hydrogen-bond donors (Lipinski definition) is 4. The number of hydroxylamine groups is 1. The predicted octanol–water partition coefficient (Wildman–Crippen LogP) is 2.32. The molecule has 0 aliphatic heterocycles. The summed E-state index contributed by atoms with van der Waals surface area (Å²) in [5.41, 5.74) is 3.77. The number of nitro benzene ring substituents is 2. The first-order valence-corrected chi connectivity index (χ1v) is 9.60. The molecule has 0 atom stereocenters. The highest BCUT2D eigenvalue weighted by Gasteiger charge is 2.29. The number of hydrazone groups is 1. The van der Waals surface area contributed by atoms with Crippen molar-refractivity contribution in [1.82, 2.24) is 5.17 Å². The smallest absolute Gasteiger partial charge is 0.356 e. The number of nitrogens with one attached hydrogen (secondary N) is 1. The maximum absolute atomic E-state index is 10.9. The van der Waals surface area contributed by atoms with E-state index in [1.165, 1.54) is 12.1 Å². The van der Waals surface area contributed by atoms with E-state index in [0.29, 0.717) is 6.21 Å². The van der Waals surface area contributed by atoms with Crippen LogP contribution in [0.15, 0.2) is 46.4 Å². The first-order valence-electron chi connectivity index (χ1n) is 7.78. The molecule has 0 radical (unpaired) electrons. The van der Waals surface area contributed by atoms with Gasteiger partial charge in [0.25, 0.3) is 10.1 Å². The molecule has 14 nitrogen and oxygen atoms in total. The van der Waals surface area contributed by atoms with E-state index in [1.54, 1.807) is 12.1 Å². The largest absolute Gasteiger partial charge is 0.367 e. The molecule has 2 aromatic carbocycles. The maximum atomic E-state index is 10.9. The van der Waals surface area contributed by atoms with Crippen molar-refractivity contribution in [2.24, 2.45) is 10.8 Å². The van der Waals surface area contributed by atoms with Gasteiger partial charge < -0.3 is 5.73 Å². The zero-order valence-corrected chi connectivity index (χ0v) is 17.1. The standard InChI is InChI=1S/C8H7ClN6O5.C7H8O3S/c9-5-1-2-6(14(17)18)7(15(19)20)4(5)3-12-13(16)8(10)11;1-6-2-4-7(5-3-6)11(8,9)10/h1-3,16H,(H3,10,11);2-5H,1H3,(H,8,9,10)/b12-3+;. The highest BCUT2D eigenvalue weighted by atomic mass is 35.5. The Morgan fingerprint density at radius 3 is 2.16 bits per heavy atom. The Morgan fingerprint density at radius 2 is 1.74 bits per heavy atom. The number of hydrogen-bond acceptors (Lipinski definition) is 9. The van der Waals surface area contributed by atoms with Crippen LogP contribution in [0.25, 0.3) is 0 Å². The predicted molar refractivity (Wildman–Crippen MR) is 109 cm³/mol. The first-order chi connectivity index (χ1) is 14.3. The van der Waals surface area contributed by atoms with Crippen LogP contribution in [0, 0.1) is 32.6 Å². The Bertz CT molecular complexity index is 1140. The van der Waals surface area contributed by atoms with Crippen LogP contribution >= 0.6 is 11.6 Å². The number of nitro groups is 2. The van der Waals surface area contributed by atoms with Gasteiger partial charge in [-0.05, 0) is 25.1 Å². The van der Waals surface area contributed by atoms with Crippen molar-refractivity contribution in [1.29, 1.82) is 5.41 Å². The molecule has 16 heteroatoms. The fourth-order valence-corrected chi connectivity index (χ4v) is 2.60. The SMILES string of the molecule is Cc1ccc(S(=O)(=O)O)cc1.N=C(N)N(O)/N=C/c1c(Cl)ccc([N+](=O)[O-])c1[N+](=O)[O-]. The number of aryl methyl sites for hydroxylation is 1. The van der Waals surface area contributed by atoms with Crippen molar-refractivity contribution < 1.29 is 28.0 Å². The zero-order valence-electron chi connectivity index (χ0n) is 15.5. The lowest BCUT2D eigenvalue weighted by Gasteiger charge is -2.06. The van der Waals surface area contributed by atoms with Gasteiger partial charge >= 0.3 is 11.4 Å². The summed E-state index contributed by atoms with van der Waals surface area (Å²) in [4.78, 5) is 19.6. The van der Waals surface area contributed by atoms with Crippen LogP contribution < -0.4 is 5.73 Å². The molecule has 5 N–H and O–H groups in total. The summed E-state index contributed by atoms with van der Waals surface area (Å²) in [7, 11) is -4.02. The third-order valence-corrected chi connectivity index (χ3v) is 4.55. The third-order valence-electron chi connectivity index (χ3n) is 3.35. The van der Waals surface area contributed by atoms with E-state index in [1.807, 2.05) is 6.92 Å². The average Bonchev–Trinajstić information content (AvgIpc) is 2.66. The van der Waals surface area contributed by atoms with Crippen LogP contribution in [0.3, 0.4) is 0 Å². The summed E-state index contributed by atoms with van der Waals surface area (Å²) in [5, 5.41) is 40.4. The Hall–Kier alpha value is -3.66. The van der Waals surface area contributed by atoms with Gasteiger partial charge in [-0.15, -0.1) is 5.17 Å². The van der Waals surface area contributed by atoms with Gasteiger partial charge in [0.2, 0.25) is 5.96 Å². The summed E-state index contributed by atoms with van der Waals surface area (Å²) < 4.78 is 29.6. The number of guanidine groups is 1. The van der Waals surface area contributed by atoms with Gasteiger partial charge in [0.15, 0.2) is 0 Å². The van der Waals surface area contributed by atoms with Gasteiger partial charge in [-0.25, -0.2) is 0 Å². The molecule has 2 rings (SSSR count). The van der Waals surface area contributed by atoms with Gasteiger partial charge in [-0.1, -0.05) is 29.3 Å². The second-order valence-electron chi connectivity index (χ2n) is 5.55. The van der Waals surface area contributed by atoms with Crippen molar-refractivity contribution >= 4 is 45.3 Å². The van der Waals surface area contributed by atoms with E-state index in [4.69, 9.17) is 32.5 Å². The van der Waals surface area contributed by atoms with Crippen molar-refractivity contribution in [3.8, 4) is 0 Å². The molecule has 0 heterocycles. The third kappa shape index (κ3) is 7.27. The molecule has 0 aromatic heterocycles. The first kappa shape index (κ1) is 25.4. The number of halogens is 1. The van der Waals surface area contributed by atoms with Crippen molar-refractivity contribution in [3.05, 3.63) is 72.8 Å². The minimum absolute atomic E-state index is 0.0666. The fraction of sp³-hybridized carbons (Fsp3) is 0.0667. The van der Waals surface area contributed by atoms with Crippen molar-refractivity contribution in [3.63, 3.8) is 0 Å². The van der Waals surface area contributed by atoms with E-state index in [0.717, 1.165) is 17.7 Å². The Kier molecular flexibility index (Phi) is 8.51. The lowest BCUT2D eigenvalue weighted by atomic mass is 10.1. The van der Waals surface area contributed by atoms with Crippen molar-refractivity contribution in [2.75, 3.05) is 0 Å². The molecule has 166 valence electrons. The molecule has 0 aliphatic rings. The minimum Gasteiger partial charge on any atom is -0.367 e. The Labute approximate surface area is 179 Å². The van der Waals surface area contributed by atoms with Gasteiger partial charge in [0.1, 0.15) is 0 Å². The molecule has 0 fully saturated rings. The Morgan fingerprint density at radius 1 is 1.19 bits per heavy atom. The van der Waals surface area contributed by atoms with Crippen molar-refractivity contribution in [2.45, 2.75) is 11.8 Å². The van der Waals surface area contributed by atoms with E-state index in [-0.39, 0.29) is 15.1 Å². The van der Waals surface area contributed by atoms with E-state index < -0.39 is 42.9 Å². The topological polar surface area (TPSA) is 226 Å². The van der Waals surface area contributed by atoms with E-state index in [2.05, 4.69) is 5.10 Å². The van der Waals surface area contributed by atoms with Crippen LogP contribution in [-0.2, 0) is 10.1 Å². The zero-order chi connectivity index (χ0) is 23.9. The fourth-order valence-electron chi connectivity index (χ4n) is 1.92. The van der Waals surface area contributed by atoms with Crippen LogP contribution in [0.4, 0.5) is 11.4 Å². The minimum atomic E-state index is -4.02. The molecule has 0 unspecified atom stereocenters. The van der Waals surface area contributed by atoms with Gasteiger partial charge in [-0.2, -0.15) is 13.5 Å². The van der Waals surface area contributed by atoms with E-state index in [9.17, 15) is 28.6 Å². The number of benzene rings is 2. The Balaban J connectivity index is 0.000000367. The summed E-state index contributed by atoms with van der Waals surface area (Å²) in [6, 6.07) is 7.94. The summed E-state index contributed by atoms with van der Waals surface area (Å²) in [6.07, 6.45) is 0.689. The second-order valence-corrected chi connectivity index (χ2v) is 7.38. The molecule has 0 spiro atoms. The highest BCUT2D eigenvalue weighted by molar-refractivity contribution is 7.85. The quantitative estimate of drug-likeness (QED) is 0.162. The molecular formula is C15H15ClN6O8S. The molecular weight excluding hydrogens is 460 g/mol. The number of rotatable bonds is 5. The highest BCUT2D eigenvalue weighted by Crippen LogP contribution is 2.34. The molecule has 31 heavy (non-hydrogen) atoms. The van der Waals surface area contributed by atoms with Crippen LogP contribution in [0.2, 0.25) is 5.02 Å². The molecule has 0 aliphatic carbocycles. The molecule has 2 aromatic rings. The maximum Gasteiger partial charge on any atom is 0.356 e. The van der Waals surface area contributed by atoms with Crippen LogP contribution in [0.5, 0.6) is 0 Å². The molecule has 0 amide bonds. The average molecular weight is 475 g/mol.